The minimum Gasteiger partial charge on any atom is -0.459 e. The van der Waals surface area contributed by atoms with Gasteiger partial charge in [0.25, 0.3) is 0 Å². The number of halogens is 1. The fourth-order valence-corrected chi connectivity index (χ4v) is 5.13. The van der Waals surface area contributed by atoms with Crippen molar-refractivity contribution in [1.29, 1.82) is 0 Å². The lowest BCUT2D eigenvalue weighted by atomic mass is 10.00. The second-order valence-corrected chi connectivity index (χ2v) is 7.85. The average Bonchev–Trinajstić information content (AvgIpc) is 3.02. The molecule has 0 radical (unpaired) electrons. The number of hydrogen-bond acceptors (Lipinski definition) is 3. The van der Waals surface area contributed by atoms with Crippen LogP contribution in [-0.4, -0.2) is 40.7 Å². The number of ether oxygens (including phenoxy) is 1. The van der Waals surface area contributed by atoms with Crippen molar-refractivity contribution in [2.45, 2.75) is 63.3 Å². The fraction of sp³-hybridized carbons (Fsp3) is 0.550. The Kier molecular flexibility index (Phi) is 3.42. The summed E-state index contributed by atoms with van der Waals surface area (Å²) >= 11 is 0. The van der Waals surface area contributed by atoms with Crippen molar-refractivity contribution >= 4 is 16.9 Å². The van der Waals surface area contributed by atoms with E-state index in [1.165, 1.54) is 18.9 Å². The summed E-state index contributed by atoms with van der Waals surface area (Å²) in [5.41, 5.74) is 2.52. The van der Waals surface area contributed by atoms with Crippen LogP contribution >= 0.6 is 0 Å². The summed E-state index contributed by atoms with van der Waals surface area (Å²) in [4.78, 5) is 15.3. The van der Waals surface area contributed by atoms with Crippen molar-refractivity contribution in [3.63, 3.8) is 0 Å². The standard InChI is InChI=1S/C20H23FN2O2/c1-22-14-4-5-15(22)10-16(9-14)25-20(24)18-11-23-6-2-3-12-7-13(21)8-17(18)19(12)23/h7-8,11,14-16H,2-6,9-10H2,1H3. The van der Waals surface area contributed by atoms with Gasteiger partial charge >= 0.3 is 5.97 Å². The Morgan fingerprint density at radius 1 is 1.24 bits per heavy atom. The molecule has 2 aromatic rings. The fourth-order valence-electron chi connectivity index (χ4n) is 5.13. The number of hydrogen-bond donors (Lipinski definition) is 0. The predicted molar refractivity (Wildman–Crippen MR) is 93.2 cm³/mol. The van der Waals surface area contributed by atoms with Gasteiger partial charge < -0.3 is 14.2 Å². The molecule has 4 nitrogen and oxygen atoms in total. The van der Waals surface area contributed by atoms with Crippen molar-refractivity contribution in [3.05, 3.63) is 35.3 Å². The van der Waals surface area contributed by atoms with E-state index in [-0.39, 0.29) is 17.9 Å². The Morgan fingerprint density at radius 3 is 2.76 bits per heavy atom. The molecule has 1 aromatic heterocycles. The monoisotopic (exact) mass is 342 g/mol. The number of nitrogens with zero attached hydrogens (tertiary/aromatic N) is 2. The summed E-state index contributed by atoms with van der Waals surface area (Å²) in [5.74, 6) is -0.565. The Labute approximate surface area is 146 Å². The van der Waals surface area contributed by atoms with Gasteiger partial charge in [0, 0.05) is 43.1 Å². The Morgan fingerprint density at radius 2 is 2.00 bits per heavy atom. The molecular formula is C20H23FN2O2. The first-order valence-electron chi connectivity index (χ1n) is 9.34. The van der Waals surface area contributed by atoms with E-state index in [0.717, 1.165) is 43.3 Å². The third-order valence-corrected chi connectivity index (χ3v) is 6.41. The third-order valence-electron chi connectivity index (χ3n) is 6.41. The van der Waals surface area contributed by atoms with Gasteiger partial charge in [0.05, 0.1) is 11.1 Å². The molecule has 0 saturated carbocycles. The topological polar surface area (TPSA) is 34.5 Å². The molecule has 5 heteroatoms. The molecule has 3 aliphatic rings. The average molecular weight is 342 g/mol. The molecule has 0 amide bonds. The molecule has 25 heavy (non-hydrogen) atoms. The van der Waals surface area contributed by atoms with Crippen LogP contribution in [0.4, 0.5) is 4.39 Å². The smallest absolute Gasteiger partial charge is 0.340 e. The van der Waals surface area contributed by atoms with E-state index in [0.29, 0.717) is 23.0 Å². The molecular weight excluding hydrogens is 319 g/mol. The molecule has 5 rings (SSSR count). The highest BCUT2D eigenvalue weighted by Crippen LogP contribution is 2.36. The number of carbonyl (C=O) groups is 1. The highest BCUT2D eigenvalue weighted by molar-refractivity contribution is 6.05. The van der Waals surface area contributed by atoms with Crippen LogP contribution in [0.1, 0.15) is 48.0 Å². The van der Waals surface area contributed by atoms with Crippen LogP contribution in [0.3, 0.4) is 0 Å². The highest BCUT2D eigenvalue weighted by atomic mass is 19.1. The molecule has 2 saturated heterocycles. The SMILES string of the molecule is CN1C2CCC1CC(OC(=O)c1cn3c4c(cc(F)cc14)CCC3)C2. The van der Waals surface area contributed by atoms with E-state index in [9.17, 15) is 9.18 Å². The Balaban J connectivity index is 1.45. The zero-order valence-electron chi connectivity index (χ0n) is 14.5. The van der Waals surface area contributed by atoms with E-state index < -0.39 is 0 Å². The van der Waals surface area contributed by atoms with Crippen molar-refractivity contribution in [2.75, 3.05) is 7.05 Å². The predicted octanol–water partition coefficient (Wildman–Crippen LogP) is 3.51. The van der Waals surface area contributed by atoms with E-state index in [4.69, 9.17) is 4.74 Å². The first-order chi connectivity index (χ1) is 12.1. The molecule has 2 fully saturated rings. The third kappa shape index (κ3) is 2.40. The zero-order chi connectivity index (χ0) is 17.1. The molecule has 4 heterocycles. The minimum atomic E-state index is -0.295. The summed E-state index contributed by atoms with van der Waals surface area (Å²) in [7, 11) is 2.17. The largest absolute Gasteiger partial charge is 0.459 e. The van der Waals surface area contributed by atoms with Gasteiger partial charge in [0.15, 0.2) is 0 Å². The molecule has 2 atom stereocenters. The highest BCUT2D eigenvalue weighted by Gasteiger charge is 2.40. The van der Waals surface area contributed by atoms with E-state index >= 15 is 0 Å². The van der Waals surface area contributed by atoms with Crippen LogP contribution in [0.15, 0.2) is 18.3 Å². The van der Waals surface area contributed by atoms with Crippen LogP contribution in [0.25, 0.3) is 10.9 Å². The maximum absolute atomic E-state index is 14.0. The van der Waals surface area contributed by atoms with Gasteiger partial charge in [-0.1, -0.05) is 0 Å². The van der Waals surface area contributed by atoms with Crippen molar-refractivity contribution in [3.8, 4) is 0 Å². The quantitative estimate of drug-likeness (QED) is 0.784. The first kappa shape index (κ1) is 15.4. The lowest BCUT2D eigenvalue weighted by Gasteiger charge is -2.35. The van der Waals surface area contributed by atoms with Gasteiger partial charge in [-0.05, 0) is 50.4 Å². The first-order valence-corrected chi connectivity index (χ1v) is 9.34. The second kappa shape index (κ2) is 5.56. The molecule has 0 aliphatic carbocycles. The van der Waals surface area contributed by atoms with Crippen LogP contribution in [-0.2, 0) is 17.7 Å². The molecule has 1 aromatic carbocycles. The lowest BCUT2D eigenvalue weighted by Crippen LogP contribution is -2.43. The molecule has 2 unspecified atom stereocenters. The van der Waals surface area contributed by atoms with E-state index in [1.54, 1.807) is 6.07 Å². The van der Waals surface area contributed by atoms with Crippen molar-refractivity contribution < 1.29 is 13.9 Å². The molecule has 0 spiro atoms. The number of fused-ring (bicyclic) bond motifs is 2. The zero-order valence-corrected chi connectivity index (χ0v) is 14.5. The number of aryl methyl sites for hydroxylation is 2. The number of esters is 1. The van der Waals surface area contributed by atoms with Crippen molar-refractivity contribution in [2.24, 2.45) is 0 Å². The van der Waals surface area contributed by atoms with Gasteiger partial charge in [-0.3, -0.25) is 0 Å². The summed E-state index contributed by atoms with van der Waals surface area (Å²) < 4.78 is 22.0. The molecule has 0 N–H and O–H groups in total. The molecule has 2 bridgehead atoms. The maximum Gasteiger partial charge on any atom is 0.340 e. The van der Waals surface area contributed by atoms with E-state index in [2.05, 4.69) is 16.5 Å². The van der Waals surface area contributed by atoms with E-state index in [1.807, 2.05) is 6.20 Å². The Hall–Kier alpha value is -1.88. The number of piperidine rings is 1. The minimum absolute atomic E-state index is 0.0160. The van der Waals surface area contributed by atoms with Gasteiger partial charge in [0.1, 0.15) is 11.9 Å². The summed E-state index contributed by atoms with van der Waals surface area (Å²) in [6.45, 7) is 0.876. The van der Waals surface area contributed by atoms with Gasteiger partial charge in [-0.15, -0.1) is 0 Å². The summed E-state index contributed by atoms with van der Waals surface area (Å²) in [6.07, 6.45) is 7.91. The molecule has 3 aliphatic heterocycles. The normalized spacial score (nSPS) is 28.5. The maximum atomic E-state index is 14.0. The van der Waals surface area contributed by atoms with Crippen LogP contribution in [0.2, 0.25) is 0 Å². The second-order valence-electron chi connectivity index (χ2n) is 7.85. The van der Waals surface area contributed by atoms with Crippen LogP contribution in [0.5, 0.6) is 0 Å². The van der Waals surface area contributed by atoms with Gasteiger partial charge in [-0.2, -0.15) is 0 Å². The number of rotatable bonds is 2. The van der Waals surface area contributed by atoms with Gasteiger partial charge in [-0.25, -0.2) is 9.18 Å². The Bertz CT molecular complexity index is 845. The van der Waals surface area contributed by atoms with Crippen LogP contribution in [0, 0.1) is 5.82 Å². The van der Waals surface area contributed by atoms with Gasteiger partial charge in [0.2, 0.25) is 0 Å². The number of aromatic nitrogens is 1. The summed E-state index contributed by atoms with van der Waals surface area (Å²) in [5, 5.41) is 0.704. The van der Waals surface area contributed by atoms with Crippen molar-refractivity contribution in [1.82, 2.24) is 9.47 Å². The van der Waals surface area contributed by atoms with Crippen LogP contribution < -0.4 is 0 Å². The number of carbonyl (C=O) groups excluding carboxylic acids is 1. The summed E-state index contributed by atoms with van der Waals surface area (Å²) in [6, 6.07) is 4.14. The lowest BCUT2D eigenvalue weighted by molar-refractivity contribution is -0.000282. The number of benzene rings is 1. The molecule has 132 valence electrons.